The molecule has 0 bridgehead atoms. The van der Waals surface area contributed by atoms with Gasteiger partial charge in [-0.3, -0.25) is 4.79 Å². The molecule has 1 N–H and O–H groups in total. The van der Waals surface area contributed by atoms with Crippen molar-refractivity contribution in [2.24, 2.45) is 0 Å². The number of carbonyl (C=O) groups is 2. The van der Waals surface area contributed by atoms with Gasteiger partial charge < -0.3 is 15.1 Å². The molecular weight excluding hydrogens is 309 g/mol. The summed E-state index contributed by atoms with van der Waals surface area (Å²) >= 11 is 0. The van der Waals surface area contributed by atoms with E-state index in [4.69, 9.17) is 0 Å². The minimum absolute atomic E-state index is 0.0314. The Bertz CT molecular complexity index is 550. The van der Waals surface area contributed by atoms with Crippen LogP contribution in [0.4, 0.5) is 9.18 Å². The summed E-state index contributed by atoms with van der Waals surface area (Å²) in [5, 5.41) is 3.04. The SMILES string of the molecule is CCN(CC)C(=O)NC1CCN(C(=O)Cc2ccc(F)cc2)CC1. The molecule has 6 heteroatoms. The Kier molecular flexibility index (Phi) is 6.58. The monoisotopic (exact) mass is 335 g/mol. The number of hydrogen-bond donors (Lipinski definition) is 1. The summed E-state index contributed by atoms with van der Waals surface area (Å²) in [5.41, 5.74) is 0.818. The fourth-order valence-electron chi connectivity index (χ4n) is 2.94. The second kappa shape index (κ2) is 8.66. The maximum absolute atomic E-state index is 12.9. The van der Waals surface area contributed by atoms with Crippen LogP contribution in [0.25, 0.3) is 0 Å². The number of halogens is 1. The molecule has 0 aliphatic carbocycles. The standard InChI is InChI=1S/C18H26FN3O2/c1-3-21(4-2)18(24)20-16-9-11-22(12-10-16)17(23)13-14-5-7-15(19)8-6-14/h5-8,16H,3-4,9-13H2,1-2H3,(H,20,24). The average molecular weight is 335 g/mol. The van der Waals surface area contributed by atoms with Gasteiger partial charge in [0.1, 0.15) is 5.82 Å². The Labute approximate surface area is 142 Å². The van der Waals surface area contributed by atoms with E-state index in [0.29, 0.717) is 26.2 Å². The van der Waals surface area contributed by atoms with Crippen molar-refractivity contribution in [3.63, 3.8) is 0 Å². The minimum Gasteiger partial charge on any atom is -0.342 e. The Morgan fingerprint density at radius 3 is 2.29 bits per heavy atom. The van der Waals surface area contributed by atoms with E-state index in [1.165, 1.54) is 12.1 Å². The van der Waals surface area contributed by atoms with Crippen LogP contribution in [0, 0.1) is 5.82 Å². The van der Waals surface area contributed by atoms with E-state index in [-0.39, 0.29) is 30.2 Å². The van der Waals surface area contributed by atoms with E-state index >= 15 is 0 Å². The third-order valence-corrected chi connectivity index (χ3v) is 4.49. The number of rotatable bonds is 5. The molecule has 1 heterocycles. The molecule has 2 rings (SSSR count). The molecule has 1 fully saturated rings. The lowest BCUT2D eigenvalue weighted by Crippen LogP contribution is -2.50. The fraction of sp³-hybridized carbons (Fsp3) is 0.556. The van der Waals surface area contributed by atoms with Gasteiger partial charge in [0.15, 0.2) is 0 Å². The Morgan fingerprint density at radius 1 is 1.17 bits per heavy atom. The van der Waals surface area contributed by atoms with E-state index in [1.807, 2.05) is 18.7 Å². The lowest BCUT2D eigenvalue weighted by molar-refractivity contribution is -0.131. The maximum Gasteiger partial charge on any atom is 0.317 e. The van der Waals surface area contributed by atoms with Gasteiger partial charge in [-0.2, -0.15) is 0 Å². The zero-order valence-corrected chi connectivity index (χ0v) is 14.4. The van der Waals surface area contributed by atoms with Crippen molar-refractivity contribution in [2.45, 2.75) is 39.2 Å². The molecule has 0 saturated carbocycles. The average Bonchev–Trinajstić information content (AvgIpc) is 2.58. The van der Waals surface area contributed by atoms with Gasteiger partial charge in [-0.15, -0.1) is 0 Å². The second-order valence-corrected chi connectivity index (χ2v) is 6.08. The van der Waals surface area contributed by atoms with Crippen LogP contribution in [0.3, 0.4) is 0 Å². The first-order chi connectivity index (χ1) is 11.5. The van der Waals surface area contributed by atoms with Crippen LogP contribution >= 0.6 is 0 Å². The molecule has 0 aromatic heterocycles. The highest BCUT2D eigenvalue weighted by Crippen LogP contribution is 2.13. The zero-order chi connectivity index (χ0) is 17.5. The summed E-state index contributed by atoms with van der Waals surface area (Å²) in [6.07, 6.45) is 1.82. The zero-order valence-electron chi connectivity index (χ0n) is 14.4. The molecule has 0 unspecified atom stereocenters. The van der Waals surface area contributed by atoms with Gasteiger partial charge in [0.05, 0.1) is 6.42 Å². The van der Waals surface area contributed by atoms with Crippen molar-refractivity contribution >= 4 is 11.9 Å². The predicted molar refractivity (Wildman–Crippen MR) is 91.2 cm³/mol. The van der Waals surface area contributed by atoms with Crippen LogP contribution in [0.5, 0.6) is 0 Å². The van der Waals surface area contributed by atoms with Crippen molar-refractivity contribution in [3.8, 4) is 0 Å². The lowest BCUT2D eigenvalue weighted by Gasteiger charge is -2.33. The molecule has 1 aliphatic heterocycles. The van der Waals surface area contributed by atoms with Crippen LogP contribution in [0.2, 0.25) is 0 Å². The Balaban J connectivity index is 1.78. The third kappa shape index (κ3) is 4.94. The van der Waals surface area contributed by atoms with Gasteiger partial charge in [-0.1, -0.05) is 12.1 Å². The van der Waals surface area contributed by atoms with Crippen molar-refractivity contribution < 1.29 is 14.0 Å². The number of hydrogen-bond acceptors (Lipinski definition) is 2. The van der Waals surface area contributed by atoms with Gasteiger partial charge in [-0.05, 0) is 44.4 Å². The molecule has 1 aromatic carbocycles. The van der Waals surface area contributed by atoms with Gasteiger partial charge in [0.25, 0.3) is 0 Å². The van der Waals surface area contributed by atoms with Crippen LogP contribution in [-0.2, 0) is 11.2 Å². The number of likely N-dealkylation sites (tertiary alicyclic amines) is 1. The lowest BCUT2D eigenvalue weighted by atomic mass is 10.0. The van der Waals surface area contributed by atoms with Gasteiger partial charge in [0.2, 0.25) is 5.91 Å². The maximum atomic E-state index is 12.9. The first-order valence-corrected chi connectivity index (χ1v) is 8.61. The highest BCUT2D eigenvalue weighted by Gasteiger charge is 2.24. The van der Waals surface area contributed by atoms with E-state index in [2.05, 4.69) is 5.32 Å². The number of urea groups is 1. The summed E-state index contributed by atoms with van der Waals surface area (Å²) in [6.45, 7) is 6.58. The van der Waals surface area contributed by atoms with Crippen molar-refractivity contribution in [3.05, 3.63) is 35.6 Å². The molecule has 24 heavy (non-hydrogen) atoms. The van der Waals surface area contributed by atoms with Crippen LogP contribution in [0.15, 0.2) is 24.3 Å². The van der Waals surface area contributed by atoms with E-state index in [9.17, 15) is 14.0 Å². The predicted octanol–water partition coefficient (Wildman–Crippen LogP) is 2.41. The summed E-state index contributed by atoms with van der Waals surface area (Å²) in [6, 6.07) is 6.12. The van der Waals surface area contributed by atoms with Gasteiger partial charge in [0, 0.05) is 32.2 Å². The summed E-state index contributed by atoms with van der Waals surface area (Å²) < 4.78 is 12.9. The smallest absolute Gasteiger partial charge is 0.317 e. The fourth-order valence-corrected chi connectivity index (χ4v) is 2.94. The molecule has 5 nitrogen and oxygen atoms in total. The first kappa shape index (κ1) is 18.2. The molecule has 0 radical (unpaired) electrons. The molecule has 1 aliphatic rings. The topological polar surface area (TPSA) is 52.7 Å². The van der Waals surface area contributed by atoms with Crippen molar-refractivity contribution in [1.29, 1.82) is 0 Å². The number of piperidine rings is 1. The normalized spacial score (nSPS) is 15.2. The quantitative estimate of drug-likeness (QED) is 0.898. The van der Waals surface area contributed by atoms with Crippen LogP contribution in [0.1, 0.15) is 32.3 Å². The van der Waals surface area contributed by atoms with Gasteiger partial charge >= 0.3 is 6.03 Å². The van der Waals surface area contributed by atoms with Gasteiger partial charge in [-0.25, -0.2) is 9.18 Å². The molecular formula is C18H26FN3O2. The summed E-state index contributed by atoms with van der Waals surface area (Å²) in [7, 11) is 0. The molecule has 3 amide bonds. The molecule has 0 spiro atoms. The molecule has 1 saturated heterocycles. The van der Waals surface area contributed by atoms with Crippen LogP contribution < -0.4 is 5.32 Å². The second-order valence-electron chi connectivity index (χ2n) is 6.08. The third-order valence-electron chi connectivity index (χ3n) is 4.49. The first-order valence-electron chi connectivity index (χ1n) is 8.61. The Morgan fingerprint density at radius 2 is 1.75 bits per heavy atom. The molecule has 1 aromatic rings. The Hall–Kier alpha value is -2.11. The van der Waals surface area contributed by atoms with Crippen LogP contribution in [-0.4, -0.2) is 54.0 Å². The summed E-state index contributed by atoms with van der Waals surface area (Å²) in [4.78, 5) is 28.0. The molecule has 132 valence electrons. The number of nitrogens with zero attached hydrogens (tertiary/aromatic N) is 2. The van der Waals surface area contributed by atoms with E-state index < -0.39 is 0 Å². The molecule has 0 atom stereocenters. The number of nitrogens with one attached hydrogen (secondary N) is 1. The number of amides is 3. The van der Waals surface area contributed by atoms with E-state index in [1.54, 1.807) is 17.0 Å². The van der Waals surface area contributed by atoms with Crippen molar-refractivity contribution in [2.75, 3.05) is 26.2 Å². The number of benzene rings is 1. The number of carbonyl (C=O) groups excluding carboxylic acids is 2. The van der Waals surface area contributed by atoms with Crippen molar-refractivity contribution in [1.82, 2.24) is 15.1 Å². The van der Waals surface area contributed by atoms with E-state index in [0.717, 1.165) is 18.4 Å². The highest BCUT2D eigenvalue weighted by molar-refractivity contribution is 5.79. The highest BCUT2D eigenvalue weighted by atomic mass is 19.1. The minimum atomic E-state index is -0.295. The largest absolute Gasteiger partial charge is 0.342 e. The summed E-state index contributed by atoms with van der Waals surface area (Å²) in [5.74, 6) is -0.244.